The van der Waals surface area contributed by atoms with Crippen molar-refractivity contribution in [2.45, 2.75) is 25.9 Å². The minimum Gasteiger partial charge on any atom is -0.343 e. The monoisotopic (exact) mass is 234 g/mol. The van der Waals surface area contributed by atoms with Crippen molar-refractivity contribution in [3.05, 3.63) is 24.0 Å². The molecule has 1 N–H and O–H groups in total. The molecule has 1 fully saturated rings. The number of amides is 2. The second kappa shape index (κ2) is 4.90. The molecular formula is C11H14N4O2. The van der Waals surface area contributed by atoms with E-state index in [2.05, 4.69) is 15.5 Å². The molecule has 6 heteroatoms. The predicted octanol–water partition coefficient (Wildman–Crippen LogP) is -0.286. The molecule has 1 aromatic heterocycles. The number of rotatable bonds is 3. The first-order valence-corrected chi connectivity index (χ1v) is 5.55. The maximum atomic E-state index is 12.0. The molecule has 0 spiro atoms. The molecule has 17 heavy (non-hydrogen) atoms. The van der Waals surface area contributed by atoms with Crippen LogP contribution in [0.4, 0.5) is 0 Å². The molecule has 0 radical (unpaired) electrons. The van der Waals surface area contributed by atoms with Gasteiger partial charge in [0.2, 0.25) is 11.8 Å². The third-order valence-electron chi connectivity index (χ3n) is 2.67. The Balaban J connectivity index is 2.09. The van der Waals surface area contributed by atoms with E-state index in [4.69, 9.17) is 0 Å². The van der Waals surface area contributed by atoms with Gasteiger partial charge in [0.15, 0.2) is 0 Å². The maximum absolute atomic E-state index is 12.0. The summed E-state index contributed by atoms with van der Waals surface area (Å²) in [4.78, 5) is 24.9. The van der Waals surface area contributed by atoms with Gasteiger partial charge >= 0.3 is 0 Å². The molecule has 1 unspecified atom stereocenters. The van der Waals surface area contributed by atoms with E-state index < -0.39 is 6.04 Å². The van der Waals surface area contributed by atoms with Crippen LogP contribution < -0.4 is 5.32 Å². The summed E-state index contributed by atoms with van der Waals surface area (Å²) in [6.45, 7) is 2.29. The van der Waals surface area contributed by atoms with Crippen LogP contribution in [0.5, 0.6) is 0 Å². The standard InChI is InChI=1S/C11H14N4O2/c1-2-9-11(17)15(7-10(16)13-9)6-8-4-3-5-12-14-8/h3-5,9H,2,6-7H2,1H3,(H,13,16). The zero-order chi connectivity index (χ0) is 12.3. The minimum absolute atomic E-state index is 0.0576. The molecule has 1 aromatic rings. The highest BCUT2D eigenvalue weighted by atomic mass is 16.2. The second-order valence-corrected chi connectivity index (χ2v) is 3.94. The van der Waals surface area contributed by atoms with Gasteiger partial charge in [-0.25, -0.2) is 0 Å². The van der Waals surface area contributed by atoms with E-state index in [0.717, 1.165) is 0 Å². The van der Waals surface area contributed by atoms with Gasteiger partial charge in [0.25, 0.3) is 0 Å². The molecule has 2 heterocycles. The topological polar surface area (TPSA) is 75.2 Å². The van der Waals surface area contributed by atoms with Gasteiger partial charge in [0.1, 0.15) is 12.6 Å². The summed E-state index contributed by atoms with van der Waals surface area (Å²) >= 11 is 0. The lowest BCUT2D eigenvalue weighted by Gasteiger charge is -2.31. The quantitative estimate of drug-likeness (QED) is 0.780. The lowest BCUT2D eigenvalue weighted by molar-refractivity contribution is -0.145. The molecule has 2 amide bonds. The number of hydrogen-bond acceptors (Lipinski definition) is 4. The van der Waals surface area contributed by atoms with Crippen molar-refractivity contribution in [1.82, 2.24) is 20.4 Å². The van der Waals surface area contributed by atoms with E-state index in [-0.39, 0.29) is 18.4 Å². The molecule has 1 atom stereocenters. The summed E-state index contributed by atoms with van der Waals surface area (Å²) in [6, 6.07) is 3.13. The van der Waals surface area contributed by atoms with Crippen LogP contribution in [-0.4, -0.2) is 39.5 Å². The van der Waals surface area contributed by atoms with Crippen LogP contribution in [0, 0.1) is 0 Å². The Morgan fingerprint density at radius 1 is 1.53 bits per heavy atom. The average molecular weight is 234 g/mol. The third kappa shape index (κ3) is 2.58. The van der Waals surface area contributed by atoms with Crippen molar-refractivity contribution in [2.75, 3.05) is 6.54 Å². The van der Waals surface area contributed by atoms with Crippen molar-refractivity contribution in [3.8, 4) is 0 Å². The molecule has 0 aromatic carbocycles. The Morgan fingerprint density at radius 2 is 2.35 bits per heavy atom. The molecule has 0 aliphatic carbocycles. The summed E-state index contributed by atoms with van der Waals surface area (Å²) < 4.78 is 0. The van der Waals surface area contributed by atoms with Gasteiger partial charge < -0.3 is 10.2 Å². The minimum atomic E-state index is -0.409. The number of hydrogen-bond donors (Lipinski definition) is 1. The van der Waals surface area contributed by atoms with Crippen LogP contribution >= 0.6 is 0 Å². The third-order valence-corrected chi connectivity index (χ3v) is 2.67. The van der Waals surface area contributed by atoms with Crippen LogP contribution in [0.2, 0.25) is 0 Å². The number of nitrogens with zero attached hydrogens (tertiary/aromatic N) is 3. The lowest BCUT2D eigenvalue weighted by Crippen LogP contribution is -2.57. The fourth-order valence-corrected chi connectivity index (χ4v) is 1.80. The Morgan fingerprint density at radius 3 is 3.00 bits per heavy atom. The zero-order valence-corrected chi connectivity index (χ0v) is 9.59. The van der Waals surface area contributed by atoms with E-state index >= 15 is 0 Å². The van der Waals surface area contributed by atoms with Crippen LogP contribution in [0.3, 0.4) is 0 Å². The van der Waals surface area contributed by atoms with Gasteiger partial charge in [-0.1, -0.05) is 6.92 Å². The number of aromatic nitrogens is 2. The average Bonchev–Trinajstić information content (AvgIpc) is 2.34. The predicted molar refractivity (Wildman–Crippen MR) is 59.7 cm³/mol. The summed E-state index contributed by atoms with van der Waals surface area (Å²) in [7, 11) is 0. The van der Waals surface area contributed by atoms with Crippen molar-refractivity contribution in [2.24, 2.45) is 0 Å². The van der Waals surface area contributed by atoms with Crippen LogP contribution in [0.1, 0.15) is 19.0 Å². The Labute approximate surface area is 99.0 Å². The number of piperazine rings is 1. The van der Waals surface area contributed by atoms with E-state index in [1.54, 1.807) is 18.3 Å². The SMILES string of the molecule is CCC1NC(=O)CN(Cc2cccnn2)C1=O. The van der Waals surface area contributed by atoms with Crippen LogP contribution in [-0.2, 0) is 16.1 Å². The first-order chi connectivity index (χ1) is 8.20. The van der Waals surface area contributed by atoms with Gasteiger partial charge in [0, 0.05) is 6.20 Å². The zero-order valence-electron chi connectivity index (χ0n) is 9.59. The fourth-order valence-electron chi connectivity index (χ4n) is 1.80. The van der Waals surface area contributed by atoms with E-state index in [0.29, 0.717) is 18.7 Å². The molecule has 1 aliphatic heterocycles. The van der Waals surface area contributed by atoms with E-state index in [9.17, 15) is 9.59 Å². The summed E-state index contributed by atoms with van der Waals surface area (Å²) in [5.41, 5.74) is 0.686. The molecular weight excluding hydrogens is 220 g/mol. The van der Waals surface area contributed by atoms with Gasteiger partial charge in [-0.3, -0.25) is 9.59 Å². The van der Waals surface area contributed by atoms with Crippen LogP contribution in [0.15, 0.2) is 18.3 Å². The molecule has 0 saturated carbocycles. The highest BCUT2D eigenvalue weighted by molar-refractivity contribution is 5.94. The summed E-state index contributed by atoms with van der Waals surface area (Å²) in [5, 5.41) is 10.3. The van der Waals surface area contributed by atoms with E-state index in [1.807, 2.05) is 6.92 Å². The highest BCUT2D eigenvalue weighted by Gasteiger charge is 2.31. The molecule has 6 nitrogen and oxygen atoms in total. The summed E-state index contributed by atoms with van der Waals surface area (Å²) in [6.07, 6.45) is 2.17. The van der Waals surface area contributed by atoms with Crippen LogP contribution in [0.25, 0.3) is 0 Å². The largest absolute Gasteiger partial charge is 0.343 e. The Hall–Kier alpha value is -1.98. The Bertz CT molecular complexity index is 421. The van der Waals surface area contributed by atoms with E-state index in [1.165, 1.54) is 4.90 Å². The highest BCUT2D eigenvalue weighted by Crippen LogP contribution is 2.09. The van der Waals surface area contributed by atoms with Gasteiger partial charge in [-0.05, 0) is 18.6 Å². The first kappa shape index (κ1) is 11.5. The normalized spacial score (nSPS) is 20.3. The lowest BCUT2D eigenvalue weighted by atomic mass is 10.1. The van der Waals surface area contributed by atoms with Crippen molar-refractivity contribution in [3.63, 3.8) is 0 Å². The van der Waals surface area contributed by atoms with Gasteiger partial charge in [-0.2, -0.15) is 10.2 Å². The number of nitrogens with one attached hydrogen (secondary N) is 1. The summed E-state index contributed by atoms with van der Waals surface area (Å²) in [5.74, 6) is -0.182. The molecule has 0 bridgehead atoms. The molecule has 1 aliphatic rings. The van der Waals surface area contributed by atoms with Gasteiger partial charge in [-0.15, -0.1) is 0 Å². The number of carbonyl (C=O) groups is 2. The molecule has 1 saturated heterocycles. The number of carbonyl (C=O) groups excluding carboxylic acids is 2. The molecule has 90 valence electrons. The van der Waals surface area contributed by atoms with Crippen molar-refractivity contribution < 1.29 is 9.59 Å². The Kier molecular flexibility index (Phi) is 3.32. The van der Waals surface area contributed by atoms with Crippen molar-refractivity contribution >= 4 is 11.8 Å². The fraction of sp³-hybridized carbons (Fsp3) is 0.455. The molecule has 2 rings (SSSR count). The maximum Gasteiger partial charge on any atom is 0.245 e. The first-order valence-electron chi connectivity index (χ1n) is 5.55. The smallest absolute Gasteiger partial charge is 0.245 e. The van der Waals surface area contributed by atoms with Gasteiger partial charge in [0.05, 0.1) is 12.2 Å². The van der Waals surface area contributed by atoms with Crippen molar-refractivity contribution in [1.29, 1.82) is 0 Å². The second-order valence-electron chi connectivity index (χ2n) is 3.94.